The van der Waals surface area contributed by atoms with Crippen LogP contribution in [0.25, 0.3) is 0 Å². The van der Waals surface area contributed by atoms with Crippen LogP contribution in [0.1, 0.15) is 22.4 Å². The second-order valence-electron chi connectivity index (χ2n) is 6.74. The third-order valence-corrected chi connectivity index (χ3v) is 4.57. The van der Waals surface area contributed by atoms with Gasteiger partial charge in [0.15, 0.2) is 17.3 Å². The van der Waals surface area contributed by atoms with Crippen molar-refractivity contribution in [2.75, 3.05) is 14.2 Å². The number of benzene rings is 2. The van der Waals surface area contributed by atoms with Gasteiger partial charge in [0.05, 0.1) is 24.6 Å². The van der Waals surface area contributed by atoms with Crippen molar-refractivity contribution >= 4 is 17.9 Å². The number of para-hydroxylation sites is 1. The molecule has 0 atom stereocenters. The Labute approximate surface area is 190 Å². The minimum absolute atomic E-state index is 0.00635. The van der Waals surface area contributed by atoms with Crippen LogP contribution in [0.2, 0.25) is 0 Å². The normalized spacial score (nSPS) is 11.5. The van der Waals surface area contributed by atoms with Crippen LogP contribution < -0.4 is 4.74 Å². The number of hydrogen-bond acceptors (Lipinski definition) is 8. The number of oxime groups is 2. The Balaban J connectivity index is 1.78. The fraction of sp³-hybridized carbons (Fsp3) is 0.217. The van der Waals surface area contributed by atoms with Gasteiger partial charge in [-0.3, -0.25) is 0 Å². The van der Waals surface area contributed by atoms with E-state index < -0.39 is 11.8 Å². The van der Waals surface area contributed by atoms with E-state index in [1.165, 1.54) is 37.2 Å². The average Bonchev–Trinajstić information content (AvgIpc) is 3.08. The molecule has 9 nitrogen and oxygen atoms in total. The van der Waals surface area contributed by atoms with Crippen molar-refractivity contribution in [3.8, 4) is 11.6 Å². The fourth-order valence-electron chi connectivity index (χ4n) is 3.01. The molecule has 0 aliphatic carbocycles. The zero-order chi connectivity index (χ0) is 23.8. The molecule has 3 rings (SSSR count). The predicted octanol–water partition coefficient (Wildman–Crippen LogP) is 3.73. The second kappa shape index (κ2) is 10.9. The molecule has 0 unspecified atom stereocenters. The molecule has 10 heteroatoms. The van der Waals surface area contributed by atoms with Crippen molar-refractivity contribution < 1.29 is 28.3 Å². The van der Waals surface area contributed by atoms with E-state index in [0.29, 0.717) is 28.3 Å². The molecule has 0 spiro atoms. The molecule has 1 heterocycles. The lowest BCUT2D eigenvalue weighted by atomic mass is 10.0. The molecule has 33 heavy (non-hydrogen) atoms. The van der Waals surface area contributed by atoms with Gasteiger partial charge in [0.25, 0.3) is 0 Å². The lowest BCUT2D eigenvalue weighted by molar-refractivity contribution is -0.132. The monoisotopic (exact) mass is 454 g/mol. The largest absolute Gasteiger partial charge is 0.464 e. The van der Waals surface area contributed by atoms with Gasteiger partial charge in [0.1, 0.15) is 13.7 Å². The zero-order valence-corrected chi connectivity index (χ0v) is 18.6. The van der Waals surface area contributed by atoms with Crippen molar-refractivity contribution in [3.05, 3.63) is 76.7 Å². The number of esters is 1. The number of rotatable bonds is 9. The molecule has 0 bridgehead atoms. The van der Waals surface area contributed by atoms with E-state index in [1.54, 1.807) is 50.4 Å². The summed E-state index contributed by atoms with van der Waals surface area (Å²) in [6.45, 7) is 1.81. The van der Waals surface area contributed by atoms with E-state index in [9.17, 15) is 9.18 Å². The summed E-state index contributed by atoms with van der Waals surface area (Å²) in [6.07, 6.45) is 1.44. The number of carbonyl (C=O) groups excluding carboxylic acids is 1. The molecule has 0 amide bonds. The van der Waals surface area contributed by atoms with E-state index in [4.69, 9.17) is 19.1 Å². The molecule has 0 aliphatic rings. The van der Waals surface area contributed by atoms with Crippen LogP contribution in [0, 0.1) is 12.7 Å². The van der Waals surface area contributed by atoms with Gasteiger partial charge in [0.2, 0.25) is 5.88 Å². The number of hydrogen-bond donors (Lipinski definition) is 0. The van der Waals surface area contributed by atoms with Crippen LogP contribution in [0.15, 0.2) is 58.8 Å². The van der Waals surface area contributed by atoms with Crippen LogP contribution in [-0.4, -0.2) is 41.9 Å². The van der Waals surface area contributed by atoms with Crippen LogP contribution in [0.4, 0.5) is 4.39 Å². The van der Waals surface area contributed by atoms with E-state index >= 15 is 0 Å². The molecule has 0 saturated carbocycles. The SMILES string of the molecule is CO/N=C(/C(=O)OC)c1ccccc1CO/N=C/c1c(C)nn(C)c1Oc1ccccc1F. The third-order valence-electron chi connectivity index (χ3n) is 4.57. The van der Waals surface area contributed by atoms with E-state index in [0.717, 1.165) is 0 Å². The number of methoxy groups -OCH3 is 1. The summed E-state index contributed by atoms with van der Waals surface area (Å²) in [5.74, 6) is -0.761. The van der Waals surface area contributed by atoms with E-state index in [1.807, 2.05) is 0 Å². The molecular formula is C23H23FN4O5. The summed E-state index contributed by atoms with van der Waals surface area (Å²) in [6, 6.07) is 13.1. The standard InChI is InChI=1S/C23H23FN4O5/c1-15-18(22(28(2)26-15)33-20-12-8-7-11-19(20)24)13-25-32-14-16-9-5-6-10-17(16)21(27-31-4)23(29)30-3/h5-13H,14H2,1-4H3/b25-13+,27-21+. The number of aryl methyl sites for hydroxylation is 2. The maximum Gasteiger partial charge on any atom is 0.360 e. The predicted molar refractivity (Wildman–Crippen MR) is 119 cm³/mol. The maximum absolute atomic E-state index is 14.0. The number of nitrogens with zero attached hydrogens (tertiary/aromatic N) is 4. The summed E-state index contributed by atoms with van der Waals surface area (Å²) in [5.41, 5.74) is 2.29. The molecular weight excluding hydrogens is 431 g/mol. The van der Waals surface area contributed by atoms with Gasteiger partial charge in [-0.2, -0.15) is 5.10 Å². The van der Waals surface area contributed by atoms with Gasteiger partial charge in [-0.1, -0.05) is 46.7 Å². The van der Waals surface area contributed by atoms with Gasteiger partial charge in [0, 0.05) is 18.2 Å². The molecule has 0 aliphatic heterocycles. The summed E-state index contributed by atoms with van der Waals surface area (Å²) >= 11 is 0. The minimum atomic E-state index is -0.645. The van der Waals surface area contributed by atoms with Crippen molar-refractivity contribution in [3.63, 3.8) is 0 Å². The first-order valence-corrected chi connectivity index (χ1v) is 9.85. The van der Waals surface area contributed by atoms with Crippen LogP contribution in [-0.2, 0) is 32.9 Å². The lowest BCUT2D eigenvalue weighted by Gasteiger charge is -2.09. The maximum atomic E-state index is 14.0. The molecule has 0 saturated heterocycles. The Morgan fingerprint density at radius 2 is 1.88 bits per heavy atom. The Kier molecular flexibility index (Phi) is 7.74. The van der Waals surface area contributed by atoms with Gasteiger partial charge in [-0.15, -0.1) is 0 Å². The van der Waals surface area contributed by atoms with Gasteiger partial charge < -0.3 is 19.1 Å². The first kappa shape index (κ1) is 23.5. The summed E-state index contributed by atoms with van der Waals surface area (Å²) < 4.78 is 26.0. The van der Waals surface area contributed by atoms with Crippen LogP contribution >= 0.6 is 0 Å². The highest BCUT2D eigenvalue weighted by atomic mass is 19.1. The Bertz CT molecular complexity index is 1190. The van der Waals surface area contributed by atoms with Gasteiger partial charge >= 0.3 is 5.97 Å². The third kappa shape index (κ3) is 5.53. The van der Waals surface area contributed by atoms with Crippen molar-refractivity contribution in [1.82, 2.24) is 9.78 Å². The highest BCUT2D eigenvalue weighted by Gasteiger charge is 2.19. The molecule has 0 fully saturated rings. The molecule has 1 aromatic heterocycles. The summed E-state index contributed by atoms with van der Waals surface area (Å²) in [5, 5.41) is 12.1. The van der Waals surface area contributed by atoms with E-state index in [-0.39, 0.29) is 18.1 Å². The Morgan fingerprint density at radius 3 is 2.61 bits per heavy atom. The molecule has 172 valence electrons. The molecule has 0 radical (unpaired) electrons. The Morgan fingerprint density at radius 1 is 1.15 bits per heavy atom. The highest BCUT2D eigenvalue weighted by molar-refractivity contribution is 6.43. The quantitative estimate of drug-likeness (QED) is 0.278. The highest BCUT2D eigenvalue weighted by Crippen LogP contribution is 2.28. The topological polar surface area (TPSA) is 96.5 Å². The zero-order valence-electron chi connectivity index (χ0n) is 18.6. The lowest BCUT2D eigenvalue weighted by Crippen LogP contribution is -2.19. The first-order valence-electron chi connectivity index (χ1n) is 9.85. The summed E-state index contributed by atoms with van der Waals surface area (Å²) in [4.78, 5) is 22.3. The Hall–Kier alpha value is -4.21. The van der Waals surface area contributed by atoms with Gasteiger partial charge in [-0.05, 0) is 19.1 Å². The molecule has 3 aromatic rings. The molecule has 0 N–H and O–H groups in total. The van der Waals surface area contributed by atoms with Crippen LogP contribution in [0.5, 0.6) is 11.6 Å². The second-order valence-corrected chi connectivity index (χ2v) is 6.74. The average molecular weight is 454 g/mol. The number of carbonyl (C=O) groups is 1. The smallest absolute Gasteiger partial charge is 0.360 e. The summed E-state index contributed by atoms with van der Waals surface area (Å²) in [7, 11) is 4.28. The molecule has 2 aromatic carbocycles. The van der Waals surface area contributed by atoms with Gasteiger partial charge in [-0.25, -0.2) is 13.9 Å². The van der Waals surface area contributed by atoms with Crippen molar-refractivity contribution in [2.24, 2.45) is 17.4 Å². The first-order chi connectivity index (χ1) is 16.0. The van der Waals surface area contributed by atoms with Crippen molar-refractivity contribution in [2.45, 2.75) is 13.5 Å². The minimum Gasteiger partial charge on any atom is -0.464 e. The number of aromatic nitrogens is 2. The van der Waals surface area contributed by atoms with Crippen LogP contribution in [0.3, 0.4) is 0 Å². The number of ether oxygens (including phenoxy) is 2. The number of halogens is 1. The van der Waals surface area contributed by atoms with E-state index in [2.05, 4.69) is 15.4 Å². The fourth-order valence-corrected chi connectivity index (χ4v) is 3.01. The van der Waals surface area contributed by atoms with Crippen molar-refractivity contribution in [1.29, 1.82) is 0 Å².